The molecular formula is C10H11F2NO2. The fourth-order valence-corrected chi connectivity index (χ4v) is 1.17. The number of halogens is 2. The van der Waals surface area contributed by atoms with Gasteiger partial charge in [-0.3, -0.25) is 4.79 Å². The monoisotopic (exact) mass is 215 g/mol. The minimum absolute atomic E-state index is 0.0629. The largest absolute Gasteiger partial charge is 0.468 e. The Bertz CT molecular complexity index is 368. The lowest BCUT2D eigenvalue weighted by Crippen LogP contribution is -2.33. The summed E-state index contributed by atoms with van der Waals surface area (Å²) in [6, 6.07) is 2.03. The Hall–Kier alpha value is -1.49. The lowest BCUT2D eigenvalue weighted by Gasteiger charge is -2.09. The minimum atomic E-state index is -0.980. The Kier molecular flexibility index (Phi) is 3.74. The molecule has 5 heteroatoms. The second kappa shape index (κ2) is 4.84. The molecule has 1 rings (SSSR count). The molecule has 1 unspecified atom stereocenters. The maximum Gasteiger partial charge on any atom is 0.322 e. The van der Waals surface area contributed by atoms with Crippen LogP contribution >= 0.6 is 0 Å². The summed E-state index contributed by atoms with van der Waals surface area (Å²) in [7, 11) is 1.18. The first-order valence-corrected chi connectivity index (χ1v) is 4.32. The predicted molar refractivity (Wildman–Crippen MR) is 50.1 cm³/mol. The molecule has 0 aliphatic rings. The van der Waals surface area contributed by atoms with E-state index in [0.29, 0.717) is 0 Å². The van der Waals surface area contributed by atoms with Crippen molar-refractivity contribution >= 4 is 5.97 Å². The van der Waals surface area contributed by atoms with Gasteiger partial charge in [0, 0.05) is 6.42 Å². The number of hydrogen-bond acceptors (Lipinski definition) is 3. The first-order chi connectivity index (χ1) is 7.04. The lowest BCUT2D eigenvalue weighted by atomic mass is 10.1. The van der Waals surface area contributed by atoms with Gasteiger partial charge in [0.2, 0.25) is 0 Å². The standard InChI is InChI=1S/C10H11F2NO2/c1-15-10(14)9(13)5-6-4-7(11)2-3-8(6)12/h2-4,9H,5,13H2,1H3. The molecule has 2 N–H and O–H groups in total. The van der Waals surface area contributed by atoms with Crippen molar-refractivity contribution in [1.29, 1.82) is 0 Å². The average Bonchev–Trinajstić information content (AvgIpc) is 2.22. The number of ether oxygens (including phenoxy) is 1. The van der Waals surface area contributed by atoms with Crippen LogP contribution in [-0.4, -0.2) is 19.1 Å². The second-order valence-corrected chi connectivity index (χ2v) is 3.07. The van der Waals surface area contributed by atoms with Crippen LogP contribution in [0.3, 0.4) is 0 Å². The summed E-state index contributed by atoms with van der Waals surface area (Å²) >= 11 is 0. The Morgan fingerprint density at radius 2 is 2.20 bits per heavy atom. The molecule has 15 heavy (non-hydrogen) atoms. The fraction of sp³-hybridized carbons (Fsp3) is 0.300. The maximum atomic E-state index is 13.1. The van der Waals surface area contributed by atoms with Gasteiger partial charge in [-0.15, -0.1) is 0 Å². The number of hydrogen-bond donors (Lipinski definition) is 1. The average molecular weight is 215 g/mol. The molecule has 0 aliphatic carbocycles. The summed E-state index contributed by atoms with van der Waals surface area (Å²) in [5.74, 6) is -1.81. The molecule has 3 nitrogen and oxygen atoms in total. The van der Waals surface area contributed by atoms with E-state index in [2.05, 4.69) is 4.74 Å². The molecule has 82 valence electrons. The van der Waals surface area contributed by atoms with Crippen LogP contribution in [0.4, 0.5) is 8.78 Å². The maximum absolute atomic E-state index is 13.1. The van der Waals surface area contributed by atoms with E-state index in [4.69, 9.17) is 5.73 Å². The Morgan fingerprint density at radius 3 is 2.80 bits per heavy atom. The zero-order chi connectivity index (χ0) is 11.4. The fourth-order valence-electron chi connectivity index (χ4n) is 1.17. The van der Waals surface area contributed by atoms with Gasteiger partial charge in [0.25, 0.3) is 0 Å². The smallest absolute Gasteiger partial charge is 0.322 e. The molecule has 0 spiro atoms. The highest BCUT2D eigenvalue weighted by Crippen LogP contribution is 2.11. The molecule has 1 aromatic carbocycles. The number of carbonyl (C=O) groups excluding carboxylic acids is 1. The Labute approximate surface area is 85.8 Å². The van der Waals surface area contributed by atoms with Crippen molar-refractivity contribution in [2.24, 2.45) is 5.73 Å². The van der Waals surface area contributed by atoms with Gasteiger partial charge in [-0.1, -0.05) is 0 Å². The third kappa shape index (κ3) is 2.99. The van der Waals surface area contributed by atoms with E-state index in [1.165, 1.54) is 7.11 Å². The number of benzene rings is 1. The van der Waals surface area contributed by atoms with Gasteiger partial charge in [0.05, 0.1) is 7.11 Å². The van der Waals surface area contributed by atoms with Crippen LogP contribution in [-0.2, 0) is 16.0 Å². The lowest BCUT2D eigenvalue weighted by molar-refractivity contribution is -0.142. The predicted octanol–water partition coefficient (Wildman–Crippen LogP) is 1.01. The number of carbonyl (C=O) groups is 1. The molecule has 0 aliphatic heterocycles. The van der Waals surface area contributed by atoms with Crippen molar-refractivity contribution < 1.29 is 18.3 Å². The number of rotatable bonds is 3. The van der Waals surface area contributed by atoms with Gasteiger partial charge < -0.3 is 10.5 Å². The molecular weight excluding hydrogens is 204 g/mol. The molecule has 0 bridgehead atoms. The summed E-state index contributed by atoms with van der Waals surface area (Å²) in [5.41, 5.74) is 5.48. The summed E-state index contributed by atoms with van der Waals surface area (Å²) in [6.07, 6.45) is -0.0870. The molecule has 0 radical (unpaired) electrons. The van der Waals surface area contributed by atoms with Crippen LogP contribution in [0.5, 0.6) is 0 Å². The van der Waals surface area contributed by atoms with Crippen molar-refractivity contribution in [2.75, 3.05) is 7.11 Å². The quantitative estimate of drug-likeness (QED) is 0.765. The van der Waals surface area contributed by atoms with Crippen LogP contribution in [0.25, 0.3) is 0 Å². The van der Waals surface area contributed by atoms with Crippen molar-refractivity contribution in [3.8, 4) is 0 Å². The SMILES string of the molecule is COC(=O)C(N)Cc1cc(F)ccc1F. The first kappa shape index (κ1) is 11.6. The van der Waals surface area contributed by atoms with Gasteiger partial charge in [-0.05, 0) is 23.8 Å². The van der Waals surface area contributed by atoms with Crippen LogP contribution in [0.1, 0.15) is 5.56 Å². The summed E-state index contributed by atoms with van der Waals surface area (Å²) < 4.78 is 30.3. The van der Waals surface area contributed by atoms with Crippen molar-refractivity contribution in [1.82, 2.24) is 0 Å². The molecule has 0 heterocycles. The van der Waals surface area contributed by atoms with E-state index in [-0.39, 0.29) is 12.0 Å². The third-order valence-corrected chi connectivity index (χ3v) is 1.95. The summed E-state index contributed by atoms with van der Waals surface area (Å²) in [4.78, 5) is 10.9. The van der Waals surface area contributed by atoms with Gasteiger partial charge in [0.1, 0.15) is 17.7 Å². The van der Waals surface area contributed by atoms with Gasteiger partial charge in [0.15, 0.2) is 0 Å². The first-order valence-electron chi connectivity index (χ1n) is 4.32. The zero-order valence-electron chi connectivity index (χ0n) is 8.17. The highest BCUT2D eigenvalue weighted by atomic mass is 19.1. The summed E-state index contributed by atoms with van der Waals surface area (Å²) in [6.45, 7) is 0. The van der Waals surface area contributed by atoms with E-state index >= 15 is 0 Å². The summed E-state index contributed by atoms with van der Waals surface area (Å²) in [5, 5.41) is 0. The number of nitrogens with two attached hydrogens (primary N) is 1. The zero-order valence-corrected chi connectivity index (χ0v) is 8.17. The third-order valence-electron chi connectivity index (χ3n) is 1.95. The van der Waals surface area contributed by atoms with Crippen LogP contribution in [0.2, 0.25) is 0 Å². The Morgan fingerprint density at radius 1 is 1.53 bits per heavy atom. The molecule has 0 aromatic heterocycles. The molecule has 1 atom stereocenters. The number of esters is 1. The second-order valence-electron chi connectivity index (χ2n) is 3.07. The van der Waals surface area contributed by atoms with Crippen molar-refractivity contribution in [3.63, 3.8) is 0 Å². The van der Waals surface area contributed by atoms with E-state index in [1.807, 2.05) is 0 Å². The minimum Gasteiger partial charge on any atom is -0.468 e. The number of methoxy groups -OCH3 is 1. The van der Waals surface area contributed by atoms with Gasteiger partial charge in [-0.25, -0.2) is 8.78 Å². The van der Waals surface area contributed by atoms with Gasteiger partial charge in [-0.2, -0.15) is 0 Å². The highest BCUT2D eigenvalue weighted by Gasteiger charge is 2.16. The molecule has 0 saturated heterocycles. The normalized spacial score (nSPS) is 12.3. The van der Waals surface area contributed by atoms with E-state index in [1.54, 1.807) is 0 Å². The van der Waals surface area contributed by atoms with Crippen LogP contribution < -0.4 is 5.73 Å². The Balaban J connectivity index is 2.80. The van der Waals surface area contributed by atoms with E-state index in [9.17, 15) is 13.6 Å². The topological polar surface area (TPSA) is 52.3 Å². The van der Waals surface area contributed by atoms with Crippen LogP contribution in [0.15, 0.2) is 18.2 Å². The van der Waals surface area contributed by atoms with E-state index in [0.717, 1.165) is 18.2 Å². The van der Waals surface area contributed by atoms with Gasteiger partial charge >= 0.3 is 5.97 Å². The van der Waals surface area contributed by atoms with E-state index < -0.39 is 23.6 Å². The van der Waals surface area contributed by atoms with Crippen molar-refractivity contribution in [2.45, 2.75) is 12.5 Å². The molecule has 1 aromatic rings. The van der Waals surface area contributed by atoms with Crippen molar-refractivity contribution in [3.05, 3.63) is 35.4 Å². The molecule has 0 fully saturated rings. The highest BCUT2D eigenvalue weighted by molar-refractivity contribution is 5.75. The van der Waals surface area contributed by atoms with Crippen LogP contribution in [0, 0.1) is 11.6 Å². The molecule has 0 amide bonds. The molecule has 0 saturated carbocycles.